The Morgan fingerprint density at radius 1 is 1.19 bits per heavy atom. The maximum Gasteiger partial charge on any atom is 0.233 e. The van der Waals surface area contributed by atoms with Crippen molar-refractivity contribution in [1.82, 2.24) is 4.90 Å². The van der Waals surface area contributed by atoms with Crippen molar-refractivity contribution in [2.24, 2.45) is 5.92 Å². The summed E-state index contributed by atoms with van der Waals surface area (Å²) in [4.78, 5) is 25.7. The maximum atomic E-state index is 12.4. The predicted molar refractivity (Wildman–Crippen MR) is 77.3 cm³/mol. The van der Waals surface area contributed by atoms with Crippen molar-refractivity contribution in [3.05, 3.63) is 59.5 Å². The minimum absolute atomic E-state index is 0.100. The lowest BCUT2D eigenvalue weighted by Gasteiger charge is -2.13. The topological polar surface area (TPSA) is 50.5 Å². The highest BCUT2D eigenvalue weighted by molar-refractivity contribution is 6.03. The summed E-state index contributed by atoms with van der Waals surface area (Å²) in [7, 11) is 0. The van der Waals surface area contributed by atoms with Gasteiger partial charge in [-0.3, -0.25) is 14.5 Å². The van der Waals surface area contributed by atoms with Gasteiger partial charge in [0.1, 0.15) is 5.76 Å². The molecule has 2 aromatic rings. The van der Waals surface area contributed by atoms with Gasteiger partial charge in [-0.15, -0.1) is 0 Å². The SMILES string of the molecule is Cc1ccc(C[C@H]2CC(=O)N(Cc3ccco3)C2=O)cc1. The van der Waals surface area contributed by atoms with Crippen LogP contribution in [0.5, 0.6) is 0 Å². The van der Waals surface area contributed by atoms with E-state index < -0.39 is 0 Å². The van der Waals surface area contributed by atoms with Crippen molar-refractivity contribution in [3.63, 3.8) is 0 Å². The molecule has 1 saturated heterocycles. The Kier molecular flexibility index (Phi) is 3.60. The van der Waals surface area contributed by atoms with Gasteiger partial charge in [0.25, 0.3) is 0 Å². The van der Waals surface area contributed by atoms with Crippen LogP contribution in [0.1, 0.15) is 23.3 Å². The molecule has 4 nitrogen and oxygen atoms in total. The fourth-order valence-corrected chi connectivity index (χ4v) is 2.64. The van der Waals surface area contributed by atoms with Crippen molar-refractivity contribution < 1.29 is 14.0 Å². The van der Waals surface area contributed by atoms with E-state index >= 15 is 0 Å². The second kappa shape index (κ2) is 5.56. The number of aryl methyl sites for hydroxylation is 1. The van der Waals surface area contributed by atoms with Gasteiger partial charge in [-0.2, -0.15) is 0 Å². The molecule has 2 amide bonds. The van der Waals surface area contributed by atoms with E-state index in [0.29, 0.717) is 12.2 Å². The summed E-state index contributed by atoms with van der Waals surface area (Å²) in [6.07, 6.45) is 2.44. The summed E-state index contributed by atoms with van der Waals surface area (Å²) in [5.41, 5.74) is 2.28. The van der Waals surface area contributed by atoms with Crippen molar-refractivity contribution in [2.45, 2.75) is 26.3 Å². The fraction of sp³-hybridized carbons (Fsp3) is 0.294. The lowest BCUT2D eigenvalue weighted by Crippen LogP contribution is -2.30. The van der Waals surface area contributed by atoms with Crippen LogP contribution in [-0.2, 0) is 22.6 Å². The summed E-state index contributed by atoms with van der Waals surface area (Å²) >= 11 is 0. The van der Waals surface area contributed by atoms with E-state index in [-0.39, 0.29) is 30.7 Å². The first-order valence-corrected chi connectivity index (χ1v) is 7.05. The largest absolute Gasteiger partial charge is 0.467 e. The minimum Gasteiger partial charge on any atom is -0.467 e. The quantitative estimate of drug-likeness (QED) is 0.811. The summed E-state index contributed by atoms with van der Waals surface area (Å²) < 4.78 is 5.21. The van der Waals surface area contributed by atoms with Gasteiger partial charge in [-0.25, -0.2) is 0 Å². The number of hydrogen-bond acceptors (Lipinski definition) is 3. The molecule has 0 N–H and O–H groups in total. The molecule has 1 aliphatic heterocycles. The van der Waals surface area contributed by atoms with Gasteiger partial charge in [0, 0.05) is 6.42 Å². The van der Waals surface area contributed by atoms with E-state index in [0.717, 1.165) is 5.56 Å². The second-order valence-electron chi connectivity index (χ2n) is 5.49. The number of likely N-dealkylation sites (tertiary alicyclic amines) is 1. The van der Waals surface area contributed by atoms with Gasteiger partial charge in [0.2, 0.25) is 11.8 Å². The molecule has 1 aromatic carbocycles. The second-order valence-corrected chi connectivity index (χ2v) is 5.49. The Labute approximate surface area is 123 Å². The lowest BCUT2D eigenvalue weighted by atomic mass is 9.97. The van der Waals surface area contributed by atoms with E-state index in [9.17, 15) is 9.59 Å². The molecule has 0 bridgehead atoms. The summed E-state index contributed by atoms with van der Waals surface area (Å²) in [6.45, 7) is 2.26. The molecule has 4 heteroatoms. The molecule has 0 aliphatic carbocycles. The van der Waals surface area contributed by atoms with E-state index in [1.165, 1.54) is 10.5 Å². The van der Waals surface area contributed by atoms with Crippen molar-refractivity contribution in [2.75, 3.05) is 0 Å². The Balaban J connectivity index is 1.69. The number of carbonyl (C=O) groups is 2. The number of furan rings is 1. The molecule has 1 atom stereocenters. The average molecular weight is 283 g/mol. The number of hydrogen-bond donors (Lipinski definition) is 0. The number of rotatable bonds is 4. The Morgan fingerprint density at radius 3 is 2.62 bits per heavy atom. The van der Waals surface area contributed by atoms with Crippen LogP contribution in [-0.4, -0.2) is 16.7 Å². The van der Waals surface area contributed by atoms with Crippen molar-refractivity contribution in [1.29, 1.82) is 0 Å². The normalized spacial score (nSPS) is 18.5. The number of benzene rings is 1. The molecular formula is C17H17NO3. The van der Waals surface area contributed by atoms with Crippen molar-refractivity contribution in [3.8, 4) is 0 Å². The third-order valence-corrected chi connectivity index (χ3v) is 3.83. The smallest absolute Gasteiger partial charge is 0.233 e. The number of amides is 2. The standard InChI is InChI=1S/C17H17NO3/c1-12-4-6-13(7-5-12)9-14-10-16(19)18(17(14)20)11-15-3-2-8-21-15/h2-8,14H,9-11H2,1H3/t14-/m0/s1. The van der Waals surface area contributed by atoms with E-state index in [1.807, 2.05) is 31.2 Å². The predicted octanol–water partition coefficient (Wildman–Crippen LogP) is 2.71. The molecular weight excluding hydrogens is 266 g/mol. The Bertz CT molecular complexity index is 643. The zero-order chi connectivity index (χ0) is 14.8. The summed E-state index contributed by atoms with van der Waals surface area (Å²) in [5.74, 6) is 0.161. The lowest BCUT2D eigenvalue weighted by molar-refractivity contribution is -0.140. The molecule has 0 radical (unpaired) electrons. The van der Waals surface area contributed by atoms with Crippen LogP contribution in [0.4, 0.5) is 0 Å². The van der Waals surface area contributed by atoms with Gasteiger partial charge in [-0.1, -0.05) is 29.8 Å². The molecule has 1 aliphatic rings. The highest BCUT2D eigenvalue weighted by Crippen LogP contribution is 2.25. The first-order chi connectivity index (χ1) is 10.1. The Morgan fingerprint density at radius 2 is 1.95 bits per heavy atom. The third kappa shape index (κ3) is 2.89. The van der Waals surface area contributed by atoms with Gasteiger partial charge >= 0.3 is 0 Å². The highest BCUT2D eigenvalue weighted by Gasteiger charge is 2.38. The van der Waals surface area contributed by atoms with Crippen LogP contribution in [0.15, 0.2) is 47.1 Å². The molecule has 2 heterocycles. The third-order valence-electron chi connectivity index (χ3n) is 3.83. The van der Waals surface area contributed by atoms with Crippen molar-refractivity contribution >= 4 is 11.8 Å². The van der Waals surface area contributed by atoms with E-state index in [4.69, 9.17) is 4.42 Å². The molecule has 1 fully saturated rings. The van der Waals surface area contributed by atoms with Crippen LogP contribution >= 0.6 is 0 Å². The number of carbonyl (C=O) groups excluding carboxylic acids is 2. The van der Waals surface area contributed by atoms with Gasteiger partial charge < -0.3 is 4.42 Å². The summed E-state index contributed by atoms with van der Waals surface area (Å²) in [6, 6.07) is 11.6. The van der Waals surface area contributed by atoms with Gasteiger partial charge in [0.15, 0.2) is 0 Å². The zero-order valence-electron chi connectivity index (χ0n) is 11.9. The van der Waals surface area contributed by atoms with Crippen LogP contribution in [0.3, 0.4) is 0 Å². The molecule has 0 saturated carbocycles. The maximum absolute atomic E-state index is 12.4. The first-order valence-electron chi connectivity index (χ1n) is 7.05. The fourth-order valence-electron chi connectivity index (χ4n) is 2.64. The van der Waals surface area contributed by atoms with Crippen LogP contribution < -0.4 is 0 Å². The minimum atomic E-state index is -0.254. The average Bonchev–Trinajstić information content (AvgIpc) is 3.06. The first kappa shape index (κ1) is 13.6. The molecule has 1 aromatic heterocycles. The van der Waals surface area contributed by atoms with Crippen LogP contribution in [0.2, 0.25) is 0 Å². The van der Waals surface area contributed by atoms with Gasteiger partial charge in [-0.05, 0) is 31.0 Å². The van der Waals surface area contributed by atoms with Crippen LogP contribution in [0.25, 0.3) is 0 Å². The van der Waals surface area contributed by atoms with Gasteiger partial charge in [0.05, 0.1) is 18.7 Å². The van der Waals surface area contributed by atoms with E-state index in [2.05, 4.69) is 0 Å². The summed E-state index contributed by atoms with van der Waals surface area (Å²) in [5, 5.41) is 0. The number of imide groups is 1. The Hall–Kier alpha value is -2.36. The van der Waals surface area contributed by atoms with Crippen LogP contribution in [0, 0.1) is 12.8 Å². The highest BCUT2D eigenvalue weighted by atomic mass is 16.3. The van der Waals surface area contributed by atoms with E-state index in [1.54, 1.807) is 18.4 Å². The molecule has 3 rings (SSSR count). The molecule has 108 valence electrons. The molecule has 0 spiro atoms. The zero-order valence-corrected chi connectivity index (χ0v) is 11.9. The monoisotopic (exact) mass is 283 g/mol. The molecule has 0 unspecified atom stereocenters. The number of nitrogens with zero attached hydrogens (tertiary/aromatic N) is 1. The molecule has 21 heavy (non-hydrogen) atoms.